The highest BCUT2D eigenvalue weighted by atomic mass is 16.3. The summed E-state index contributed by atoms with van der Waals surface area (Å²) in [5.74, 6) is 0.0948. The van der Waals surface area contributed by atoms with E-state index in [0.717, 1.165) is 24.9 Å². The Morgan fingerprint density at radius 3 is 2.71 bits per heavy atom. The smallest absolute Gasteiger partial charge is 0.224 e. The minimum Gasteiger partial charge on any atom is -0.389 e. The summed E-state index contributed by atoms with van der Waals surface area (Å²) in [6, 6.07) is 6.35. The largest absolute Gasteiger partial charge is 0.389 e. The summed E-state index contributed by atoms with van der Waals surface area (Å²) in [4.78, 5) is 11.4. The molecule has 1 aromatic rings. The lowest BCUT2D eigenvalue weighted by Gasteiger charge is -2.28. The fourth-order valence-corrected chi connectivity index (χ4v) is 2.63. The van der Waals surface area contributed by atoms with Crippen LogP contribution in [0, 0.1) is 0 Å². The Hall–Kier alpha value is -1.39. The summed E-state index contributed by atoms with van der Waals surface area (Å²) in [6.07, 6.45) is 2.86. The van der Waals surface area contributed by atoms with Crippen LogP contribution >= 0.6 is 0 Å². The maximum atomic E-state index is 11.4. The predicted octanol–water partition coefficient (Wildman–Crippen LogP) is 2.77. The minimum atomic E-state index is -0.629. The summed E-state index contributed by atoms with van der Waals surface area (Å²) in [5, 5.41) is 16.7. The molecule has 3 N–H and O–H groups in total. The zero-order valence-electron chi connectivity index (χ0n) is 13.2. The van der Waals surface area contributed by atoms with E-state index in [9.17, 15) is 9.90 Å². The van der Waals surface area contributed by atoms with Crippen LogP contribution < -0.4 is 10.6 Å². The fraction of sp³-hybridized carbons (Fsp3) is 0.588. The van der Waals surface area contributed by atoms with Gasteiger partial charge in [0.05, 0.1) is 5.60 Å². The molecule has 0 spiro atoms. The summed E-state index contributed by atoms with van der Waals surface area (Å²) in [5.41, 5.74) is 2.69. The van der Waals surface area contributed by atoms with Crippen molar-refractivity contribution in [3.8, 4) is 0 Å². The summed E-state index contributed by atoms with van der Waals surface area (Å²) < 4.78 is 0. The van der Waals surface area contributed by atoms with Crippen LogP contribution in [0.4, 0.5) is 5.69 Å². The molecule has 1 heterocycles. The Labute approximate surface area is 126 Å². The Morgan fingerprint density at radius 2 is 2.05 bits per heavy atom. The standard InChI is InChI=1S/C17H26N2O2/c1-4-17(21,5-2)11-18-12(3)13-6-8-15-14(10-13)7-9-16(20)19-15/h6,8,10,12,18,21H,4-5,7,9,11H2,1-3H3,(H,19,20). The third-order valence-corrected chi connectivity index (χ3v) is 4.58. The highest BCUT2D eigenvalue weighted by Gasteiger charge is 2.23. The Morgan fingerprint density at radius 1 is 1.33 bits per heavy atom. The van der Waals surface area contributed by atoms with E-state index >= 15 is 0 Å². The first-order valence-electron chi connectivity index (χ1n) is 7.86. The van der Waals surface area contributed by atoms with Crippen LogP contribution in [-0.2, 0) is 11.2 Å². The molecule has 0 aliphatic carbocycles. The van der Waals surface area contributed by atoms with Gasteiger partial charge in [-0.15, -0.1) is 0 Å². The zero-order chi connectivity index (χ0) is 15.5. The zero-order valence-corrected chi connectivity index (χ0v) is 13.2. The van der Waals surface area contributed by atoms with Crippen molar-refractivity contribution in [1.82, 2.24) is 5.32 Å². The van der Waals surface area contributed by atoms with E-state index in [1.807, 2.05) is 26.0 Å². The molecule has 116 valence electrons. The van der Waals surface area contributed by atoms with Crippen LogP contribution in [0.3, 0.4) is 0 Å². The SMILES string of the molecule is CCC(O)(CC)CNC(C)c1ccc2c(c1)CCC(=O)N2. The van der Waals surface area contributed by atoms with Gasteiger partial charge in [0.15, 0.2) is 0 Å². The number of carbonyl (C=O) groups is 1. The lowest BCUT2D eigenvalue weighted by molar-refractivity contribution is -0.116. The number of hydrogen-bond donors (Lipinski definition) is 3. The molecule has 0 fully saturated rings. The number of nitrogens with one attached hydrogen (secondary N) is 2. The lowest BCUT2D eigenvalue weighted by atomic mass is 9.95. The first-order valence-corrected chi connectivity index (χ1v) is 7.86. The number of aryl methyl sites for hydroxylation is 1. The van der Waals surface area contributed by atoms with Crippen LogP contribution in [0.15, 0.2) is 18.2 Å². The predicted molar refractivity (Wildman–Crippen MR) is 85.3 cm³/mol. The molecule has 4 heteroatoms. The van der Waals surface area contributed by atoms with Gasteiger partial charge in [-0.3, -0.25) is 4.79 Å². The van der Waals surface area contributed by atoms with Gasteiger partial charge in [-0.2, -0.15) is 0 Å². The molecule has 1 atom stereocenters. The molecule has 0 aromatic heterocycles. The lowest BCUT2D eigenvalue weighted by Crippen LogP contribution is -2.40. The van der Waals surface area contributed by atoms with E-state index in [1.54, 1.807) is 0 Å². The van der Waals surface area contributed by atoms with Crippen molar-refractivity contribution in [1.29, 1.82) is 0 Å². The first-order chi connectivity index (χ1) is 9.97. The second-order valence-corrected chi connectivity index (χ2v) is 6.00. The van der Waals surface area contributed by atoms with E-state index in [4.69, 9.17) is 0 Å². The van der Waals surface area contributed by atoms with Gasteiger partial charge in [0, 0.05) is 24.7 Å². The maximum Gasteiger partial charge on any atom is 0.224 e. The molecule has 1 unspecified atom stereocenters. The van der Waals surface area contributed by atoms with Crippen LogP contribution in [0.5, 0.6) is 0 Å². The van der Waals surface area contributed by atoms with Gasteiger partial charge in [-0.25, -0.2) is 0 Å². The minimum absolute atomic E-state index is 0.0948. The van der Waals surface area contributed by atoms with Gasteiger partial charge in [0.25, 0.3) is 0 Å². The monoisotopic (exact) mass is 290 g/mol. The molecule has 1 aromatic carbocycles. The van der Waals surface area contributed by atoms with E-state index in [0.29, 0.717) is 13.0 Å². The average molecular weight is 290 g/mol. The van der Waals surface area contributed by atoms with E-state index < -0.39 is 5.60 Å². The number of amides is 1. The molecule has 4 nitrogen and oxygen atoms in total. The summed E-state index contributed by atoms with van der Waals surface area (Å²) in [6.45, 7) is 6.72. The van der Waals surface area contributed by atoms with Crippen molar-refractivity contribution < 1.29 is 9.90 Å². The second kappa shape index (κ2) is 6.58. The number of anilines is 1. The molecule has 0 saturated heterocycles. The van der Waals surface area contributed by atoms with Crippen molar-refractivity contribution in [2.45, 2.75) is 58.1 Å². The Kier molecular flexibility index (Phi) is 5.01. The number of rotatable bonds is 6. The third kappa shape index (κ3) is 3.83. The molecular weight excluding hydrogens is 264 g/mol. The van der Waals surface area contributed by atoms with Gasteiger partial charge < -0.3 is 15.7 Å². The van der Waals surface area contributed by atoms with E-state index in [2.05, 4.69) is 23.6 Å². The number of hydrogen-bond acceptors (Lipinski definition) is 3. The van der Waals surface area contributed by atoms with Gasteiger partial charge in [-0.1, -0.05) is 26.0 Å². The molecule has 1 aliphatic heterocycles. The molecule has 2 rings (SSSR count). The molecule has 1 amide bonds. The first kappa shape index (κ1) is 16.0. The highest BCUT2D eigenvalue weighted by Crippen LogP contribution is 2.26. The average Bonchev–Trinajstić information content (AvgIpc) is 2.51. The summed E-state index contributed by atoms with van der Waals surface area (Å²) in [7, 11) is 0. The van der Waals surface area contributed by atoms with Gasteiger partial charge in [0.1, 0.15) is 0 Å². The van der Waals surface area contributed by atoms with E-state index in [1.165, 1.54) is 11.1 Å². The Bertz CT molecular complexity index is 510. The summed E-state index contributed by atoms with van der Waals surface area (Å²) >= 11 is 0. The van der Waals surface area contributed by atoms with Crippen molar-refractivity contribution in [3.05, 3.63) is 29.3 Å². The quantitative estimate of drug-likeness (QED) is 0.755. The molecule has 21 heavy (non-hydrogen) atoms. The Balaban J connectivity index is 2.03. The topological polar surface area (TPSA) is 61.4 Å². The second-order valence-electron chi connectivity index (χ2n) is 6.00. The molecular formula is C17H26N2O2. The van der Waals surface area contributed by atoms with E-state index in [-0.39, 0.29) is 11.9 Å². The van der Waals surface area contributed by atoms with Crippen LogP contribution in [-0.4, -0.2) is 23.2 Å². The number of fused-ring (bicyclic) bond motifs is 1. The van der Waals surface area contributed by atoms with Crippen LogP contribution in [0.2, 0.25) is 0 Å². The fourth-order valence-electron chi connectivity index (χ4n) is 2.63. The van der Waals surface area contributed by atoms with Crippen molar-refractivity contribution >= 4 is 11.6 Å². The van der Waals surface area contributed by atoms with Crippen molar-refractivity contribution in [2.75, 3.05) is 11.9 Å². The normalized spacial score (nSPS) is 16.3. The van der Waals surface area contributed by atoms with Gasteiger partial charge in [-0.05, 0) is 43.4 Å². The van der Waals surface area contributed by atoms with Gasteiger partial charge in [0.2, 0.25) is 5.91 Å². The van der Waals surface area contributed by atoms with Gasteiger partial charge >= 0.3 is 0 Å². The highest BCUT2D eigenvalue weighted by molar-refractivity contribution is 5.93. The maximum absolute atomic E-state index is 11.4. The third-order valence-electron chi connectivity index (χ3n) is 4.58. The molecule has 0 saturated carbocycles. The van der Waals surface area contributed by atoms with Crippen molar-refractivity contribution in [3.63, 3.8) is 0 Å². The van der Waals surface area contributed by atoms with Crippen LogP contribution in [0.25, 0.3) is 0 Å². The van der Waals surface area contributed by atoms with Crippen LogP contribution in [0.1, 0.15) is 57.2 Å². The number of aliphatic hydroxyl groups is 1. The van der Waals surface area contributed by atoms with Crippen molar-refractivity contribution in [2.24, 2.45) is 0 Å². The number of carbonyl (C=O) groups excluding carboxylic acids is 1. The molecule has 0 bridgehead atoms. The number of benzene rings is 1. The molecule has 0 radical (unpaired) electrons. The molecule has 1 aliphatic rings.